The molecule has 4 rings (SSSR count). The number of hydrogen-bond acceptors (Lipinski definition) is 8. The number of carbonyl (C=O) groups excluding carboxylic acids is 2. The summed E-state index contributed by atoms with van der Waals surface area (Å²) in [6.45, 7) is 10.7. The van der Waals surface area contributed by atoms with Gasteiger partial charge in [0.05, 0.1) is 33.3 Å². The maximum atomic E-state index is 13.2. The Morgan fingerprint density at radius 1 is 0.923 bits per heavy atom. The van der Waals surface area contributed by atoms with Gasteiger partial charge >= 0.3 is 6.03 Å². The van der Waals surface area contributed by atoms with Crippen LogP contribution in [0.2, 0.25) is 0 Å². The highest BCUT2D eigenvalue weighted by Crippen LogP contribution is 2.47. The van der Waals surface area contributed by atoms with Crippen LogP contribution in [0, 0.1) is 24.2 Å². The van der Waals surface area contributed by atoms with Gasteiger partial charge in [-0.15, -0.1) is 0 Å². The van der Waals surface area contributed by atoms with E-state index in [-0.39, 0.29) is 45.6 Å². The fraction of sp³-hybridized carbons (Fsp3) is 0.342. The Kier molecular flexibility index (Phi) is 11.0. The maximum absolute atomic E-state index is 13.2. The van der Waals surface area contributed by atoms with Crippen molar-refractivity contribution >= 4 is 27.6 Å². The third kappa shape index (κ3) is 7.85. The minimum Gasteiger partial charge on any atom is -0.506 e. The maximum Gasteiger partial charge on any atom is 0.320 e. The summed E-state index contributed by atoms with van der Waals surface area (Å²) in [4.78, 5) is 26.0. The number of carbonyl (C=O) groups is 2. The number of sulfonamides is 1. The van der Waals surface area contributed by atoms with Gasteiger partial charge in [0.25, 0.3) is 0 Å². The van der Waals surface area contributed by atoms with Crippen molar-refractivity contribution in [1.82, 2.24) is 9.88 Å². The van der Waals surface area contributed by atoms with E-state index < -0.39 is 44.2 Å². The average molecular weight is 731 g/mol. The summed E-state index contributed by atoms with van der Waals surface area (Å²) in [6.07, 6.45) is 0.879. The number of aromatic hydroxyl groups is 3. The van der Waals surface area contributed by atoms with Gasteiger partial charge in [-0.25, -0.2) is 18.4 Å². The number of hydrogen-bond donors (Lipinski definition) is 7. The average Bonchev–Trinajstić information content (AvgIpc) is 3.31. The molecule has 52 heavy (non-hydrogen) atoms. The number of aromatic nitrogens is 1. The fourth-order valence-corrected chi connectivity index (χ4v) is 7.26. The summed E-state index contributed by atoms with van der Waals surface area (Å²) in [7, 11) is -4.08. The first kappa shape index (κ1) is 39.3. The van der Waals surface area contributed by atoms with Crippen molar-refractivity contribution in [2.45, 2.75) is 82.1 Å². The number of benzene rings is 3. The summed E-state index contributed by atoms with van der Waals surface area (Å²) >= 11 is 0. The number of phenolic OH excluding ortho intramolecular Hbond substituents is 1. The summed E-state index contributed by atoms with van der Waals surface area (Å²) in [5.41, 5.74) is 5.27. The summed E-state index contributed by atoms with van der Waals surface area (Å²) in [6, 6.07) is 21.2. The van der Waals surface area contributed by atoms with Crippen LogP contribution in [-0.2, 0) is 31.2 Å². The lowest BCUT2D eigenvalue weighted by molar-refractivity contribution is -0.123. The van der Waals surface area contributed by atoms with Crippen molar-refractivity contribution in [3.8, 4) is 29.3 Å². The van der Waals surface area contributed by atoms with Crippen LogP contribution in [0.3, 0.4) is 0 Å². The molecule has 0 saturated heterocycles. The van der Waals surface area contributed by atoms with E-state index in [1.165, 1.54) is 4.57 Å². The molecule has 3 amide bonds. The van der Waals surface area contributed by atoms with Crippen molar-refractivity contribution in [2.75, 3.05) is 5.32 Å². The Morgan fingerprint density at radius 2 is 1.56 bits per heavy atom. The molecule has 1 heterocycles. The molecule has 0 saturated carbocycles. The van der Waals surface area contributed by atoms with Gasteiger partial charge in [-0.05, 0) is 93.8 Å². The number of nitrogens with zero attached hydrogens (tertiary/aromatic N) is 2. The number of primary amides is 1. The Morgan fingerprint density at radius 3 is 2.13 bits per heavy atom. The summed E-state index contributed by atoms with van der Waals surface area (Å²) < 4.78 is 24.8. The van der Waals surface area contributed by atoms with Gasteiger partial charge in [0.15, 0.2) is 0 Å². The molecule has 276 valence electrons. The molecule has 0 aliphatic carbocycles. The predicted molar refractivity (Wildman–Crippen MR) is 197 cm³/mol. The second-order valence-corrected chi connectivity index (χ2v) is 15.7. The van der Waals surface area contributed by atoms with E-state index in [1.54, 1.807) is 58.0 Å². The Balaban J connectivity index is 1.61. The first-order valence-corrected chi connectivity index (χ1v) is 18.2. The number of primary sulfonamides is 1. The number of rotatable bonds is 13. The molecule has 0 bridgehead atoms. The van der Waals surface area contributed by atoms with Crippen LogP contribution in [-0.4, -0.2) is 40.2 Å². The summed E-state index contributed by atoms with van der Waals surface area (Å²) in [5.74, 6) is -2.40. The van der Waals surface area contributed by atoms with E-state index in [1.807, 2.05) is 38.1 Å². The summed E-state index contributed by atoms with van der Waals surface area (Å²) in [5, 5.41) is 53.7. The molecule has 13 nitrogen and oxygen atoms in total. The van der Waals surface area contributed by atoms with Gasteiger partial charge in [-0.1, -0.05) is 56.3 Å². The van der Waals surface area contributed by atoms with Gasteiger partial charge in [0.1, 0.15) is 5.75 Å². The lowest BCUT2D eigenvalue weighted by Gasteiger charge is -2.36. The zero-order valence-electron chi connectivity index (χ0n) is 30.1. The molecule has 14 heteroatoms. The normalized spacial score (nSPS) is 14.7. The van der Waals surface area contributed by atoms with Crippen LogP contribution >= 0.6 is 0 Å². The SMILES string of the molecule is CCC(C)(CC(C#N)CC(C)(C(N)=O)c1c(C)c(O)n(-c2ccccc2)c1O)c1cccc(C(C)(C)NC(=O)Nc2cc(S(N)(=O)=O)ccc2O)c1. The molecule has 0 spiro atoms. The van der Waals surface area contributed by atoms with Crippen LogP contribution in [0.1, 0.15) is 76.1 Å². The zero-order chi connectivity index (χ0) is 38.8. The molecule has 9 N–H and O–H groups in total. The number of nitrogens with two attached hydrogens (primary N) is 2. The van der Waals surface area contributed by atoms with Crippen molar-refractivity contribution in [2.24, 2.45) is 16.8 Å². The molecule has 0 radical (unpaired) electrons. The number of amides is 3. The topological polar surface area (TPSA) is 234 Å². The number of nitrogens with one attached hydrogen (secondary N) is 2. The number of anilines is 1. The number of nitriles is 1. The Bertz CT molecular complexity index is 2140. The largest absolute Gasteiger partial charge is 0.506 e. The highest BCUT2D eigenvalue weighted by Gasteiger charge is 2.44. The van der Waals surface area contributed by atoms with Gasteiger partial charge in [0.2, 0.25) is 27.7 Å². The van der Waals surface area contributed by atoms with Crippen LogP contribution in [0.25, 0.3) is 5.69 Å². The number of phenols is 1. The first-order valence-electron chi connectivity index (χ1n) is 16.6. The standard InChI is InChI=1S/C38H46N6O7S/c1-7-37(5,20-24(22-39)21-38(6,34(40)48)31-23(2)32(46)44(33(31)47)27-14-9-8-10-15-27)26-13-11-12-25(18-26)36(3,4)43-35(49)42-29-19-28(52(41,50)51)16-17-30(29)45/h8-19,24,45-47H,7,20-21H2,1-6H3,(H2,40,48)(H2,41,50,51)(H2,42,43,49). The van der Waals surface area contributed by atoms with Crippen molar-refractivity contribution in [1.29, 1.82) is 5.26 Å². The lowest BCUT2D eigenvalue weighted by Crippen LogP contribution is -2.43. The van der Waals surface area contributed by atoms with E-state index in [0.717, 1.165) is 29.3 Å². The van der Waals surface area contributed by atoms with Gasteiger partial charge in [0, 0.05) is 17.0 Å². The minimum absolute atomic E-state index is 0.0342. The fourth-order valence-electron chi connectivity index (χ4n) is 6.72. The van der Waals surface area contributed by atoms with E-state index in [0.29, 0.717) is 18.5 Å². The number of urea groups is 1. The van der Waals surface area contributed by atoms with Crippen molar-refractivity contribution in [3.05, 3.63) is 95.1 Å². The molecular formula is C38H46N6O7S. The molecule has 0 aliphatic rings. The molecule has 3 aromatic carbocycles. The van der Waals surface area contributed by atoms with E-state index >= 15 is 0 Å². The second kappa shape index (κ2) is 14.6. The predicted octanol–water partition coefficient (Wildman–Crippen LogP) is 5.64. The van der Waals surface area contributed by atoms with Gasteiger partial charge < -0.3 is 31.7 Å². The highest BCUT2D eigenvalue weighted by atomic mass is 32.2. The minimum atomic E-state index is -4.08. The van der Waals surface area contributed by atoms with Crippen LogP contribution in [0.15, 0.2) is 77.7 Å². The van der Waals surface area contributed by atoms with Gasteiger partial charge in [-0.2, -0.15) is 5.26 Å². The van der Waals surface area contributed by atoms with Crippen molar-refractivity contribution < 1.29 is 33.3 Å². The van der Waals surface area contributed by atoms with Crippen LogP contribution in [0.4, 0.5) is 10.5 Å². The van der Waals surface area contributed by atoms with Crippen molar-refractivity contribution in [3.63, 3.8) is 0 Å². The molecular weight excluding hydrogens is 685 g/mol. The lowest BCUT2D eigenvalue weighted by atomic mass is 9.67. The smallest absolute Gasteiger partial charge is 0.320 e. The van der Waals surface area contributed by atoms with E-state index in [9.17, 15) is 38.6 Å². The Hall–Kier alpha value is -5.52. The molecule has 0 fully saturated rings. The third-order valence-electron chi connectivity index (χ3n) is 10.0. The van der Waals surface area contributed by atoms with Crippen LogP contribution in [0.5, 0.6) is 17.5 Å². The third-order valence-corrected chi connectivity index (χ3v) is 10.9. The van der Waals surface area contributed by atoms with E-state index in [4.69, 9.17) is 10.9 Å². The molecule has 1 aromatic heterocycles. The molecule has 3 atom stereocenters. The molecule has 0 aliphatic heterocycles. The molecule has 3 unspecified atom stereocenters. The monoisotopic (exact) mass is 730 g/mol. The second-order valence-electron chi connectivity index (χ2n) is 14.2. The number of para-hydroxylation sites is 1. The molecule has 4 aromatic rings. The van der Waals surface area contributed by atoms with Gasteiger partial charge in [-0.3, -0.25) is 9.36 Å². The zero-order valence-corrected chi connectivity index (χ0v) is 30.9. The van der Waals surface area contributed by atoms with E-state index in [2.05, 4.69) is 16.7 Å². The first-order chi connectivity index (χ1) is 24.2. The highest BCUT2D eigenvalue weighted by molar-refractivity contribution is 7.89. The van der Waals surface area contributed by atoms with Crippen LogP contribution < -0.4 is 21.5 Å². The quantitative estimate of drug-likeness (QED) is 0.0849. The Labute approximate surface area is 303 Å².